The Morgan fingerprint density at radius 2 is 1.79 bits per heavy atom. The lowest BCUT2D eigenvalue weighted by molar-refractivity contribution is -0.142. The summed E-state index contributed by atoms with van der Waals surface area (Å²) in [6.07, 6.45) is 0.965. The van der Waals surface area contributed by atoms with Crippen LogP contribution in [-0.2, 0) is 11.2 Å². The Morgan fingerprint density at radius 3 is 2.38 bits per heavy atom. The predicted octanol–water partition coefficient (Wildman–Crippen LogP) is 4.68. The fourth-order valence-corrected chi connectivity index (χ4v) is 3.72. The second-order valence-electron chi connectivity index (χ2n) is 6.13. The van der Waals surface area contributed by atoms with E-state index in [-0.39, 0.29) is 12.0 Å². The van der Waals surface area contributed by atoms with Crippen LogP contribution in [0.15, 0.2) is 42.5 Å². The Morgan fingerprint density at radius 1 is 1.12 bits per heavy atom. The Hall–Kier alpha value is -1.55. The first kappa shape index (κ1) is 17.3. The molecule has 0 bridgehead atoms. The lowest BCUT2D eigenvalue weighted by Gasteiger charge is -2.21. The van der Waals surface area contributed by atoms with Gasteiger partial charge in [-0.3, -0.25) is 4.79 Å². The van der Waals surface area contributed by atoms with Crippen LogP contribution in [0, 0.1) is 5.92 Å². The van der Waals surface area contributed by atoms with Crippen molar-refractivity contribution in [3.05, 3.63) is 69.2 Å². The molecule has 0 amide bonds. The quantitative estimate of drug-likeness (QED) is 0.828. The van der Waals surface area contributed by atoms with Gasteiger partial charge in [-0.2, -0.15) is 0 Å². The maximum absolute atomic E-state index is 11.9. The number of carboxylic acids is 1. The molecule has 2 unspecified atom stereocenters. The summed E-state index contributed by atoms with van der Waals surface area (Å²) in [5, 5.41) is 14.1. The first-order chi connectivity index (χ1) is 11.5. The fourth-order valence-electron chi connectivity index (χ4n) is 3.41. The van der Waals surface area contributed by atoms with E-state index in [1.54, 1.807) is 12.1 Å². The number of carbonyl (C=O) groups is 1. The smallest absolute Gasteiger partial charge is 0.309 e. The molecule has 1 aliphatic heterocycles. The molecule has 5 heteroatoms. The maximum Gasteiger partial charge on any atom is 0.309 e. The van der Waals surface area contributed by atoms with Gasteiger partial charge in [0.05, 0.1) is 16.0 Å². The molecular weight excluding hydrogens is 345 g/mol. The minimum Gasteiger partial charge on any atom is -0.481 e. The molecular formula is C19H19Cl2NO2. The summed E-state index contributed by atoms with van der Waals surface area (Å²) in [7, 11) is 0. The number of hydrogen-bond acceptors (Lipinski definition) is 2. The topological polar surface area (TPSA) is 49.3 Å². The van der Waals surface area contributed by atoms with E-state index < -0.39 is 11.9 Å². The van der Waals surface area contributed by atoms with Gasteiger partial charge in [-0.05, 0) is 35.2 Å². The lowest BCUT2D eigenvalue weighted by atomic mass is 9.83. The van der Waals surface area contributed by atoms with Gasteiger partial charge in [-0.25, -0.2) is 0 Å². The van der Waals surface area contributed by atoms with Crippen molar-refractivity contribution in [2.24, 2.45) is 5.92 Å². The van der Waals surface area contributed by atoms with Crippen LogP contribution in [-0.4, -0.2) is 17.6 Å². The zero-order chi connectivity index (χ0) is 17.3. The molecule has 3 nitrogen and oxygen atoms in total. The molecule has 1 fully saturated rings. The van der Waals surface area contributed by atoms with Crippen molar-refractivity contribution >= 4 is 29.2 Å². The second kappa shape index (κ2) is 7.14. The number of halogens is 2. The third-order valence-electron chi connectivity index (χ3n) is 4.75. The van der Waals surface area contributed by atoms with Crippen LogP contribution < -0.4 is 5.32 Å². The molecule has 24 heavy (non-hydrogen) atoms. The van der Waals surface area contributed by atoms with Gasteiger partial charge < -0.3 is 10.4 Å². The van der Waals surface area contributed by atoms with Crippen molar-refractivity contribution < 1.29 is 9.90 Å². The number of hydrogen-bond donors (Lipinski definition) is 2. The SMILES string of the molecule is CCc1ccc(C2NCC(c3ccc(Cl)c(Cl)c3)[C@H]2C(=O)O)cc1. The Bertz CT molecular complexity index is 746. The van der Waals surface area contributed by atoms with Crippen LogP contribution in [0.4, 0.5) is 0 Å². The van der Waals surface area contributed by atoms with Crippen molar-refractivity contribution in [1.29, 1.82) is 0 Å². The standard InChI is InChI=1S/C19H19Cl2NO2/c1-2-11-3-5-12(6-4-11)18-17(19(23)24)14(10-22-18)13-7-8-15(20)16(21)9-13/h3-9,14,17-18,22H,2,10H2,1H3,(H,23,24)/t14?,17-,18?/m1/s1. The molecule has 1 heterocycles. The zero-order valence-electron chi connectivity index (χ0n) is 13.3. The highest BCUT2D eigenvalue weighted by atomic mass is 35.5. The largest absolute Gasteiger partial charge is 0.481 e. The summed E-state index contributed by atoms with van der Waals surface area (Å²) < 4.78 is 0. The van der Waals surface area contributed by atoms with E-state index in [1.165, 1.54) is 5.56 Å². The molecule has 0 aliphatic carbocycles. The maximum atomic E-state index is 11.9. The van der Waals surface area contributed by atoms with Crippen molar-refractivity contribution in [3.8, 4) is 0 Å². The molecule has 0 spiro atoms. The second-order valence-corrected chi connectivity index (χ2v) is 6.94. The molecule has 2 aromatic carbocycles. The van der Waals surface area contributed by atoms with E-state index in [0.717, 1.165) is 17.5 Å². The molecule has 1 saturated heterocycles. The average Bonchev–Trinajstić information content (AvgIpc) is 3.02. The summed E-state index contributed by atoms with van der Waals surface area (Å²) in [4.78, 5) is 11.9. The van der Waals surface area contributed by atoms with Crippen LogP contribution in [0.2, 0.25) is 10.0 Å². The zero-order valence-corrected chi connectivity index (χ0v) is 14.8. The van der Waals surface area contributed by atoms with Gasteiger partial charge in [0, 0.05) is 18.5 Å². The van der Waals surface area contributed by atoms with E-state index >= 15 is 0 Å². The van der Waals surface area contributed by atoms with E-state index in [9.17, 15) is 9.90 Å². The lowest BCUT2D eigenvalue weighted by Crippen LogP contribution is -2.25. The molecule has 126 valence electrons. The third kappa shape index (κ3) is 3.30. The van der Waals surface area contributed by atoms with Gasteiger partial charge in [0.1, 0.15) is 0 Å². The van der Waals surface area contributed by atoms with Gasteiger partial charge in [0.15, 0.2) is 0 Å². The van der Waals surface area contributed by atoms with E-state index in [2.05, 4.69) is 24.4 Å². The molecule has 1 aliphatic rings. The van der Waals surface area contributed by atoms with Crippen molar-refractivity contribution in [1.82, 2.24) is 5.32 Å². The van der Waals surface area contributed by atoms with E-state index in [1.807, 2.05) is 18.2 Å². The molecule has 0 saturated carbocycles. The number of nitrogens with one attached hydrogen (secondary N) is 1. The highest BCUT2D eigenvalue weighted by molar-refractivity contribution is 6.42. The van der Waals surface area contributed by atoms with Gasteiger partial charge in [-0.15, -0.1) is 0 Å². The number of aryl methyl sites for hydroxylation is 1. The summed E-state index contributed by atoms with van der Waals surface area (Å²) in [6.45, 7) is 2.69. The highest BCUT2D eigenvalue weighted by Crippen LogP contribution is 2.41. The van der Waals surface area contributed by atoms with Crippen molar-refractivity contribution in [2.45, 2.75) is 25.3 Å². The number of aliphatic carboxylic acids is 1. The monoisotopic (exact) mass is 363 g/mol. The number of benzene rings is 2. The van der Waals surface area contributed by atoms with Crippen LogP contribution in [0.5, 0.6) is 0 Å². The fraction of sp³-hybridized carbons (Fsp3) is 0.316. The van der Waals surface area contributed by atoms with Crippen LogP contribution in [0.25, 0.3) is 0 Å². The van der Waals surface area contributed by atoms with Crippen LogP contribution in [0.1, 0.15) is 35.6 Å². The molecule has 0 radical (unpaired) electrons. The molecule has 2 N–H and O–H groups in total. The Kier molecular flexibility index (Phi) is 5.14. The van der Waals surface area contributed by atoms with E-state index in [0.29, 0.717) is 16.6 Å². The Labute approximate surface area is 151 Å². The van der Waals surface area contributed by atoms with Crippen LogP contribution >= 0.6 is 23.2 Å². The van der Waals surface area contributed by atoms with E-state index in [4.69, 9.17) is 23.2 Å². The highest BCUT2D eigenvalue weighted by Gasteiger charge is 2.42. The summed E-state index contributed by atoms with van der Waals surface area (Å²) >= 11 is 12.1. The Balaban J connectivity index is 1.92. The molecule has 3 atom stereocenters. The van der Waals surface area contributed by atoms with Gasteiger partial charge >= 0.3 is 5.97 Å². The first-order valence-corrected chi connectivity index (χ1v) is 8.76. The molecule has 0 aromatic heterocycles. The minimum atomic E-state index is -0.805. The van der Waals surface area contributed by atoms with Gasteiger partial charge in [-0.1, -0.05) is 60.5 Å². The summed E-state index contributed by atoms with van der Waals surface area (Å²) in [5.74, 6) is -1.50. The van der Waals surface area contributed by atoms with Crippen molar-refractivity contribution in [3.63, 3.8) is 0 Å². The normalized spacial score (nSPS) is 23.4. The van der Waals surface area contributed by atoms with Crippen molar-refractivity contribution in [2.75, 3.05) is 6.54 Å². The summed E-state index contributed by atoms with van der Waals surface area (Å²) in [6, 6.07) is 13.3. The predicted molar refractivity (Wildman–Crippen MR) is 96.9 cm³/mol. The van der Waals surface area contributed by atoms with Gasteiger partial charge in [0.2, 0.25) is 0 Å². The van der Waals surface area contributed by atoms with Crippen LogP contribution in [0.3, 0.4) is 0 Å². The summed E-state index contributed by atoms with van der Waals surface area (Å²) in [5.41, 5.74) is 3.14. The molecule has 3 rings (SSSR count). The number of carboxylic acid groups (broad SMARTS) is 1. The first-order valence-electron chi connectivity index (χ1n) is 8.01. The van der Waals surface area contributed by atoms with Gasteiger partial charge in [0.25, 0.3) is 0 Å². The minimum absolute atomic E-state index is 0.145. The molecule has 2 aromatic rings. The average molecular weight is 364 g/mol. The third-order valence-corrected chi connectivity index (χ3v) is 5.49. The number of rotatable bonds is 4.